The number of alkyl halides is 9. The van der Waals surface area contributed by atoms with E-state index in [9.17, 15) is 39.5 Å². The first kappa shape index (κ1) is 26.6. The van der Waals surface area contributed by atoms with Crippen LogP contribution in [0.25, 0.3) is 0 Å². The quantitative estimate of drug-likeness (QED) is 0.367. The summed E-state index contributed by atoms with van der Waals surface area (Å²) in [5.41, 5.74) is -3.46. The Labute approximate surface area is 192 Å². The average molecular weight is 499 g/mol. The summed E-state index contributed by atoms with van der Waals surface area (Å²) in [7, 11) is 0. The first-order valence-corrected chi connectivity index (χ1v) is 11.2. The highest BCUT2D eigenvalue weighted by atomic mass is 19.4. The van der Waals surface area contributed by atoms with E-state index in [1.807, 2.05) is 0 Å². The minimum atomic E-state index is -4.84. The van der Waals surface area contributed by atoms with Crippen LogP contribution in [0.15, 0.2) is 42.0 Å². The summed E-state index contributed by atoms with van der Waals surface area (Å²) < 4.78 is 121. The molecule has 0 spiro atoms. The Kier molecular flexibility index (Phi) is 7.79. The average Bonchev–Trinajstić information content (AvgIpc) is 2.75. The Bertz CT molecular complexity index is 908. The third-order valence-corrected chi connectivity index (χ3v) is 6.55. The van der Waals surface area contributed by atoms with Gasteiger partial charge in [-0.15, -0.1) is 0 Å². The van der Waals surface area contributed by atoms with E-state index in [4.69, 9.17) is 0 Å². The summed E-state index contributed by atoms with van der Waals surface area (Å²) in [5.74, 6) is -0.370. The van der Waals surface area contributed by atoms with Crippen LogP contribution in [-0.4, -0.2) is 23.7 Å². The number of likely N-dealkylation sites (tertiary alicyclic amines) is 1. The number of allylic oxidation sites excluding steroid dienone is 3. The molecule has 1 saturated heterocycles. The zero-order valence-electron chi connectivity index (χ0n) is 18.5. The number of hydrogen-bond acceptors (Lipinski definition) is 1. The van der Waals surface area contributed by atoms with Crippen molar-refractivity contribution >= 4 is 0 Å². The second-order valence-corrected chi connectivity index (χ2v) is 8.82. The standard InChI is InChI=1S/C24H26F9N/c1-2-5-21(18-14-17(23(28,29)30)11-12-19(18)24(31,32)33)34-13-4-3-6-20(34)15-7-9-16(10-8-15)22(25,26)27/h7,9-12,14-15,20-21H,2-6,8,13H2,1H3/t15?,20-,21-/m1/s1. The van der Waals surface area contributed by atoms with Gasteiger partial charge in [-0.1, -0.05) is 38.0 Å². The Morgan fingerprint density at radius 3 is 2.18 bits per heavy atom. The first-order chi connectivity index (χ1) is 15.7. The lowest BCUT2D eigenvalue weighted by atomic mass is 9.82. The number of rotatable bonds is 5. The molecule has 0 saturated carbocycles. The van der Waals surface area contributed by atoms with Crippen molar-refractivity contribution in [2.75, 3.05) is 6.54 Å². The number of piperidine rings is 1. The third kappa shape index (κ3) is 5.98. The van der Waals surface area contributed by atoms with Crippen molar-refractivity contribution in [3.8, 4) is 0 Å². The maximum absolute atomic E-state index is 13.8. The lowest BCUT2D eigenvalue weighted by Crippen LogP contribution is -2.46. The molecular formula is C24H26F9N. The van der Waals surface area contributed by atoms with Gasteiger partial charge in [-0.2, -0.15) is 39.5 Å². The van der Waals surface area contributed by atoms with Gasteiger partial charge in [0, 0.05) is 12.1 Å². The van der Waals surface area contributed by atoms with Gasteiger partial charge >= 0.3 is 18.5 Å². The van der Waals surface area contributed by atoms with Gasteiger partial charge in [-0.3, -0.25) is 4.90 Å². The molecule has 1 aromatic carbocycles. The van der Waals surface area contributed by atoms with E-state index in [2.05, 4.69) is 0 Å². The molecule has 1 aliphatic carbocycles. The van der Waals surface area contributed by atoms with E-state index >= 15 is 0 Å². The SMILES string of the molecule is CCC[C@H](c1cc(C(F)(F)F)ccc1C(F)(F)F)N1CCCC[C@@H]1C1C=CC(C(F)(F)F)=CC1. The molecule has 1 aliphatic heterocycles. The fourth-order valence-electron chi connectivity index (χ4n) is 5.01. The molecule has 1 fully saturated rings. The van der Waals surface area contributed by atoms with Crippen LogP contribution in [-0.2, 0) is 12.4 Å². The van der Waals surface area contributed by atoms with Gasteiger partial charge in [0.25, 0.3) is 0 Å². The Morgan fingerprint density at radius 1 is 0.941 bits per heavy atom. The zero-order chi connectivity index (χ0) is 25.3. The molecule has 0 N–H and O–H groups in total. The molecule has 1 nitrogen and oxygen atoms in total. The minimum absolute atomic E-state index is 0.0695. The molecule has 3 rings (SSSR count). The fourth-order valence-corrected chi connectivity index (χ4v) is 5.01. The monoisotopic (exact) mass is 499 g/mol. The molecule has 0 bridgehead atoms. The van der Waals surface area contributed by atoms with Gasteiger partial charge in [0.1, 0.15) is 0 Å². The smallest absolute Gasteiger partial charge is 0.293 e. The van der Waals surface area contributed by atoms with Crippen LogP contribution >= 0.6 is 0 Å². The largest absolute Gasteiger partial charge is 0.416 e. The lowest BCUT2D eigenvalue weighted by molar-refractivity contribution is -0.142. The summed E-state index contributed by atoms with van der Waals surface area (Å²) in [6, 6.07) is 0.209. The van der Waals surface area contributed by atoms with Crippen LogP contribution in [0.1, 0.15) is 68.2 Å². The van der Waals surface area contributed by atoms with E-state index < -0.39 is 46.8 Å². The molecule has 34 heavy (non-hydrogen) atoms. The van der Waals surface area contributed by atoms with Crippen molar-refractivity contribution in [3.05, 3.63) is 58.7 Å². The molecule has 1 aromatic rings. The predicted molar refractivity (Wildman–Crippen MR) is 110 cm³/mol. The molecule has 2 aliphatic rings. The molecule has 0 radical (unpaired) electrons. The van der Waals surface area contributed by atoms with E-state index in [-0.39, 0.29) is 24.8 Å². The number of hydrogen-bond donors (Lipinski definition) is 0. The second-order valence-electron chi connectivity index (χ2n) is 8.82. The second kappa shape index (κ2) is 9.95. The van der Waals surface area contributed by atoms with Crippen LogP contribution < -0.4 is 0 Å². The van der Waals surface area contributed by atoms with Crippen LogP contribution in [0.3, 0.4) is 0 Å². The predicted octanol–water partition coefficient (Wildman–Crippen LogP) is 8.48. The van der Waals surface area contributed by atoms with E-state index in [0.717, 1.165) is 18.6 Å². The number of nitrogens with zero attached hydrogens (tertiary/aromatic N) is 1. The first-order valence-electron chi connectivity index (χ1n) is 11.2. The van der Waals surface area contributed by atoms with E-state index in [1.165, 1.54) is 6.08 Å². The van der Waals surface area contributed by atoms with Crippen molar-refractivity contribution in [2.24, 2.45) is 5.92 Å². The zero-order valence-corrected chi connectivity index (χ0v) is 18.5. The van der Waals surface area contributed by atoms with Crippen molar-refractivity contribution in [2.45, 2.75) is 76.1 Å². The third-order valence-electron chi connectivity index (χ3n) is 6.55. The Hall–Kier alpha value is -1.97. The van der Waals surface area contributed by atoms with Gasteiger partial charge in [0.2, 0.25) is 0 Å². The molecule has 1 heterocycles. The van der Waals surface area contributed by atoms with E-state index in [0.29, 0.717) is 44.0 Å². The summed E-state index contributed by atoms with van der Waals surface area (Å²) in [5, 5.41) is 0. The van der Waals surface area contributed by atoms with Gasteiger partial charge in [-0.05, 0) is 61.9 Å². The van der Waals surface area contributed by atoms with E-state index in [1.54, 1.807) is 11.8 Å². The van der Waals surface area contributed by atoms with Crippen LogP contribution in [0.2, 0.25) is 0 Å². The molecule has 0 aromatic heterocycles. The normalized spacial score (nSPS) is 23.6. The van der Waals surface area contributed by atoms with Crippen LogP contribution in [0, 0.1) is 5.92 Å². The summed E-state index contributed by atoms with van der Waals surface area (Å²) in [6.45, 7) is 2.11. The highest BCUT2D eigenvalue weighted by molar-refractivity contribution is 5.38. The van der Waals surface area contributed by atoms with Crippen molar-refractivity contribution < 1.29 is 39.5 Å². The van der Waals surface area contributed by atoms with Crippen molar-refractivity contribution in [3.63, 3.8) is 0 Å². The maximum atomic E-state index is 13.8. The Balaban J connectivity index is 2.02. The maximum Gasteiger partial charge on any atom is 0.416 e. The molecule has 10 heteroatoms. The Morgan fingerprint density at radius 2 is 1.65 bits per heavy atom. The topological polar surface area (TPSA) is 3.24 Å². The minimum Gasteiger partial charge on any atom is -0.293 e. The van der Waals surface area contributed by atoms with Gasteiger partial charge in [0.15, 0.2) is 0 Å². The highest BCUT2D eigenvalue weighted by Gasteiger charge is 2.42. The van der Waals surface area contributed by atoms with Crippen LogP contribution in [0.4, 0.5) is 39.5 Å². The van der Waals surface area contributed by atoms with Gasteiger partial charge < -0.3 is 0 Å². The molecule has 1 unspecified atom stereocenters. The molecular weight excluding hydrogens is 473 g/mol. The van der Waals surface area contributed by atoms with Gasteiger partial charge in [-0.25, -0.2) is 0 Å². The fraction of sp³-hybridized carbons (Fsp3) is 0.583. The number of halogens is 9. The van der Waals surface area contributed by atoms with Crippen LogP contribution in [0.5, 0.6) is 0 Å². The number of benzene rings is 1. The molecule has 0 amide bonds. The molecule has 3 atom stereocenters. The van der Waals surface area contributed by atoms with Gasteiger partial charge in [0.05, 0.1) is 16.7 Å². The highest BCUT2D eigenvalue weighted by Crippen LogP contribution is 2.44. The summed E-state index contributed by atoms with van der Waals surface area (Å²) in [6.07, 6.45) is -7.99. The summed E-state index contributed by atoms with van der Waals surface area (Å²) in [4.78, 5) is 1.79. The summed E-state index contributed by atoms with van der Waals surface area (Å²) >= 11 is 0. The van der Waals surface area contributed by atoms with Crippen molar-refractivity contribution in [1.29, 1.82) is 0 Å². The lowest BCUT2D eigenvalue weighted by Gasteiger charge is -2.45. The molecule has 190 valence electrons. The van der Waals surface area contributed by atoms with Crippen molar-refractivity contribution in [1.82, 2.24) is 4.90 Å².